The van der Waals surface area contributed by atoms with Crippen LogP contribution in [0, 0.1) is 6.92 Å². The fourth-order valence-corrected chi connectivity index (χ4v) is 6.17. The smallest absolute Gasteiger partial charge is 0.408 e. The summed E-state index contributed by atoms with van der Waals surface area (Å²) < 4.78 is 32.3. The lowest BCUT2D eigenvalue weighted by atomic mass is 10.0. The highest BCUT2D eigenvalue weighted by molar-refractivity contribution is 7.92. The van der Waals surface area contributed by atoms with Crippen molar-refractivity contribution in [1.29, 1.82) is 0 Å². The minimum absolute atomic E-state index is 0.0263. The molecule has 0 heterocycles. The molecule has 0 saturated heterocycles. The predicted octanol–water partition coefficient (Wildman–Crippen LogP) is 3.16. The Bertz CT molecular complexity index is 982. The molecule has 0 aromatic heterocycles. The van der Waals surface area contributed by atoms with Crippen LogP contribution in [0.4, 0.5) is 4.79 Å². The van der Waals surface area contributed by atoms with E-state index in [1.807, 2.05) is 31.2 Å². The van der Waals surface area contributed by atoms with Crippen LogP contribution in [0.5, 0.6) is 0 Å². The number of alkyl carbamates (subject to hydrolysis) is 1. The SMILES string of the molecule is Cc1ccc([C@@H]2[C@H](S(=O)(=O)c3ccccc3)[C@@]2(CN)NC(=O)OC(C)(C)C)cc1. The molecule has 0 radical (unpaired) electrons. The fraction of sp³-hybridized carbons (Fsp3) is 0.409. The molecule has 3 N–H and O–H groups in total. The van der Waals surface area contributed by atoms with Crippen LogP contribution in [-0.2, 0) is 14.6 Å². The van der Waals surface area contributed by atoms with Crippen molar-refractivity contribution < 1.29 is 17.9 Å². The molecule has 7 heteroatoms. The van der Waals surface area contributed by atoms with E-state index in [2.05, 4.69) is 5.32 Å². The maximum absolute atomic E-state index is 13.4. The Hall–Kier alpha value is -2.38. The Balaban J connectivity index is 2.03. The number of sulfone groups is 1. The number of amides is 1. The number of ether oxygens (including phenoxy) is 1. The highest BCUT2D eigenvalue weighted by Gasteiger charge is 2.71. The van der Waals surface area contributed by atoms with Gasteiger partial charge in [0.25, 0.3) is 0 Å². The van der Waals surface area contributed by atoms with Crippen LogP contribution in [0.3, 0.4) is 0 Å². The number of hydrogen-bond acceptors (Lipinski definition) is 5. The van der Waals surface area contributed by atoms with Gasteiger partial charge < -0.3 is 15.8 Å². The van der Waals surface area contributed by atoms with Gasteiger partial charge in [0.2, 0.25) is 0 Å². The summed E-state index contributed by atoms with van der Waals surface area (Å²) in [6.07, 6.45) is -0.675. The van der Waals surface area contributed by atoms with E-state index in [9.17, 15) is 13.2 Å². The number of rotatable bonds is 5. The van der Waals surface area contributed by atoms with Gasteiger partial charge in [-0.25, -0.2) is 13.2 Å². The minimum Gasteiger partial charge on any atom is -0.444 e. The third-order valence-corrected chi connectivity index (χ3v) is 7.46. The second-order valence-corrected chi connectivity index (χ2v) is 10.6. The Labute approximate surface area is 172 Å². The van der Waals surface area contributed by atoms with Crippen LogP contribution in [0.25, 0.3) is 0 Å². The monoisotopic (exact) mass is 416 g/mol. The highest BCUT2D eigenvalue weighted by atomic mass is 32.2. The summed E-state index contributed by atoms with van der Waals surface area (Å²) >= 11 is 0. The van der Waals surface area contributed by atoms with Crippen LogP contribution >= 0.6 is 0 Å². The first-order valence-corrected chi connectivity index (χ1v) is 11.1. The van der Waals surface area contributed by atoms with Crippen molar-refractivity contribution in [1.82, 2.24) is 5.32 Å². The quantitative estimate of drug-likeness (QED) is 0.780. The van der Waals surface area contributed by atoms with Gasteiger partial charge in [0.15, 0.2) is 9.84 Å². The summed E-state index contributed by atoms with van der Waals surface area (Å²) in [6, 6.07) is 15.9. The molecule has 1 saturated carbocycles. The second kappa shape index (κ2) is 7.46. The minimum atomic E-state index is -3.73. The summed E-state index contributed by atoms with van der Waals surface area (Å²) in [5.41, 5.74) is 6.12. The van der Waals surface area contributed by atoms with Gasteiger partial charge in [0.05, 0.1) is 10.4 Å². The average molecular weight is 417 g/mol. The van der Waals surface area contributed by atoms with Crippen molar-refractivity contribution in [2.45, 2.75) is 54.9 Å². The number of nitrogens with one attached hydrogen (secondary N) is 1. The molecule has 156 valence electrons. The summed E-state index contributed by atoms with van der Waals surface area (Å²) in [5.74, 6) is -0.467. The zero-order chi connectivity index (χ0) is 21.4. The standard InChI is InChI=1S/C22H28N2O4S/c1-15-10-12-16(13-11-15)18-19(29(26,27)17-8-6-5-7-9-17)22(18,14-23)24-20(25)28-21(2,3)4/h5-13,18-19H,14,23H2,1-4H3,(H,24,25)/t18-,19+,22+/m1/s1. The third kappa shape index (κ3) is 4.16. The van der Waals surface area contributed by atoms with Crippen LogP contribution in [0.15, 0.2) is 59.5 Å². The number of hydrogen-bond donors (Lipinski definition) is 2. The van der Waals surface area contributed by atoms with E-state index in [0.29, 0.717) is 0 Å². The molecule has 1 fully saturated rings. The van der Waals surface area contributed by atoms with Gasteiger partial charge in [-0.3, -0.25) is 0 Å². The van der Waals surface area contributed by atoms with E-state index in [4.69, 9.17) is 10.5 Å². The number of nitrogens with two attached hydrogens (primary N) is 1. The molecule has 2 aromatic carbocycles. The largest absolute Gasteiger partial charge is 0.444 e. The lowest BCUT2D eigenvalue weighted by Gasteiger charge is -2.24. The summed E-state index contributed by atoms with van der Waals surface area (Å²) in [5, 5.41) is 1.92. The zero-order valence-corrected chi connectivity index (χ0v) is 18.0. The molecule has 0 bridgehead atoms. The molecular formula is C22H28N2O4S. The second-order valence-electron chi connectivity index (χ2n) is 8.54. The molecule has 0 spiro atoms. The first kappa shape index (κ1) is 21.3. The molecule has 1 aliphatic rings. The zero-order valence-electron chi connectivity index (χ0n) is 17.2. The number of benzene rings is 2. The van der Waals surface area contributed by atoms with E-state index in [1.165, 1.54) is 0 Å². The average Bonchev–Trinajstić information content (AvgIpc) is 3.31. The van der Waals surface area contributed by atoms with Crippen molar-refractivity contribution in [2.24, 2.45) is 5.73 Å². The van der Waals surface area contributed by atoms with Gasteiger partial charge in [-0.15, -0.1) is 0 Å². The van der Waals surface area contributed by atoms with E-state index in [1.54, 1.807) is 51.1 Å². The van der Waals surface area contributed by atoms with Gasteiger partial charge in [-0.05, 0) is 45.4 Å². The van der Waals surface area contributed by atoms with Gasteiger partial charge in [-0.1, -0.05) is 48.0 Å². The number of aryl methyl sites for hydroxylation is 1. The van der Waals surface area contributed by atoms with Gasteiger partial charge in [0.1, 0.15) is 10.9 Å². The molecular weight excluding hydrogens is 388 g/mol. The molecule has 1 aliphatic carbocycles. The summed E-state index contributed by atoms with van der Waals surface area (Å²) in [4.78, 5) is 12.7. The topological polar surface area (TPSA) is 98.5 Å². The lowest BCUT2D eigenvalue weighted by Crippen LogP contribution is -2.49. The Kier molecular flexibility index (Phi) is 5.49. The third-order valence-electron chi connectivity index (χ3n) is 5.17. The van der Waals surface area contributed by atoms with Gasteiger partial charge in [-0.2, -0.15) is 0 Å². The molecule has 3 atom stereocenters. The van der Waals surface area contributed by atoms with Crippen molar-refractivity contribution in [2.75, 3.05) is 6.54 Å². The maximum Gasteiger partial charge on any atom is 0.408 e. The predicted molar refractivity (Wildman–Crippen MR) is 112 cm³/mol. The lowest BCUT2D eigenvalue weighted by molar-refractivity contribution is 0.0497. The van der Waals surface area contributed by atoms with Crippen molar-refractivity contribution in [3.63, 3.8) is 0 Å². The molecule has 2 aromatic rings. The number of carbonyl (C=O) groups is 1. The Morgan fingerprint density at radius 1 is 1.10 bits per heavy atom. The highest BCUT2D eigenvalue weighted by Crippen LogP contribution is 2.56. The number of carbonyl (C=O) groups excluding carboxylic acids is 1. The van der Waals surface area contributed by atoms with Crippen LogP contribution in [0.1, 0.15) is 37.8 Å². The van der Waals surface area contributed by atoms with E-state index in [-0.39, 0.29) is 11.4 Å². The molecule has 1 amide bonds. The van der Waals surface area contributed by atoms with Crippen molar-refractivity contribution in [3.05, 3.63) is 65.7 Å². The normalized spacial score (nSPS) is 24.0. The molecule has 6 nitrogen and oxygen atoms in total. The van der Waals surface area contributed by atoms with E-state index < -0.39 is 38.2 Å². The molecule has 0 unspecified atom stereocenters. The van der Waals surface area contributed by atoms with E-state index >= 15 is 0 Å². The fourth-order valence-electron chi connectivity index (χ4n) is 3.80. The summed E-state index contributed by atoms with van der Waals surface area (Å²) in [6.45, 7) is 7.20. The van der Waals surface area contributed by atoms with Crippen molar-refractivity contribution in [3.8, 4) is 0 Å². The first-order valence-electron chi connectivity index (χ1n) is 9.58. The molecule has 3 rings (SSSR count). The van der Waals surface area contributed by atoms with Crippen LogP contribution < -0.4 is 11.1 Å². The van der Waals surface area contributed by atoms with Crippen LogP contribution in [-0.4, -0.2) is 37.4 Å². The van der Waals surface area contributed by atoms with E-state index in [0.717, 1.165) is 11.1 Å². The van der Waals surface area contributed by atoms with Crippen molar-refractivity contribution >= 4 is 15.9 Å². The molecule has 0 aliphatic heterocycles. The molecule has 29 heavy (non-hydrogen) atoms. The van der Waals surface area contributed by atoms with Gasteiger partial charge in [0, 0.05) is 12.5 Å². The first-order chi connectivity index (χ1) is 13.5. The van der Waals surface area contributed by atoms with Gasteiger partial charge >= 0.3 is 6.09 Å². The Morgan fingerprint density at radius 2 is 1.69 bits per heavy atom. The summed E-state index contributed by atoms with van der Waals surface area (Å²) in [7, 11) is -3.73. The van der Waals surface area contributed by atoms with Crippen LogP contribution in [0.2, 0.25) is 0 Å². The Morgan fingerprint density at radius 3 is 2.21 bits per heavy atom. The maximum atomic E-state index is 13.4.